The van der Waals surface area contributed by atoms with Crippen LogP contribution in [0.4, 0.5) is 0 Å². The van der Waals surface area contributed by atoms with Crippen LogP contribution in [0.25, 0.3) is 0 Å². The van der Waals surface area contributed by atoms with Crippen molar-refractivity contribution >= 4 is 0 Å². The van der Waals surface area contributed by atoms with Crippen molar-refractivity contribution in [2.75, 3.05) is 0 Å². The highest BCUT2D eigenvalue weighted by molar-refractivity contribution is 5.28. The highest BCUT2D eigenvalue weighted by Gasteiger charge is 2.03. The highest BCUT2D eigenvalue weighted by atomic mass is 14.1. The molecule has 0 aliphatic rings. The molecule has 0 aliphatic heterocycles. The molecule has 0 amide bonds. The van der Waals surface area contributed by atoms with E-state index in [1.54, 1.807) is 0 Å². The third kappa shape index (κ3) is 3.63. The third-order valence-corrected chi connectivity index (χ3v) is 2.42. The first-order valence-corrected chi connectivity index (χ1v) is 5.22. The van der Waals surface area contributed by atoms with Gasteiger partial charge in [0.05, 0.1) is 0 Å². The van der Waals surface area contributed by atoms with E-state index in [9.17, 15) is 0 Å². The summed E-state index contributed by atoms with van der Waals surface area (Å²) in [6.45, 7) is 4.49. The van der Waals surface area contributed by atoms with Gasteiger partial charge < -0.3 is 0 Å². The SMILES string of the molecule is CCCCC[C](C)c1ccccc1. The molecule has 0 unspecified atom stereocenters. The first-order chi connectivity index (χ1) is 6.34. The van der Waals surface area contributed by atoms with Gasteiger partial charge in [0.2, 0.25) is 0 Å². The summed E-state index contributed by atoms with van der Waals surface area (Å²) in [5.41, 5.74) is 1.40. The van der Waals surface area contributed by atoms with Gasteiger partial charge in [0.1, 0.15) is 0 Å². The molecule has 0 aliphatic carbocycles. The van der Waals surface area contributed by atoms with Gasteiger partial charge in [-0.2, -0.15) is 0 Å². The Hall–Kier alpha value is -0.780. The Labute approximate surface area is 82.0 Å². The fourth-order valence-electron chi connectivity index (χ4n) is 1.51. The molecule has 71 valence electrons. The van der Waals surface area contributed by atoms with Crippen molar-refractivity contribution < 1.29 is 0 Å². The number of unbranched alkanes of at least 4 members (excludes halogenated alkanes) is 2. The van der Waals surface area contributed by atoms with Crippen LogP contribution in [-0.2, 0) is 0 Å². The van der Waals surface area contributed by atoms with Crippen LogP contribution in [0.2, 0.25) is 0 Å². The van der Waals surface area contributed by atoms with Gasteiger partial charge in [-0.1, -0.05) is 63.4 Å². The molecular weight excluding hydrogens is 156 g/mol. The van der Waals surface area contributed by atoms with Crippen molar-refractivity contribution in [1.82, 2.24) is 0 Å². The smallest absolute Gasteiger partial charge is 0.00189 e. The summed E-state index contributed by atoms with van der Waals surface area (Å²) in [5.74, 6) is 1.52. The second-order valence-corrected chi connectivity index (χ2v) is 3.60. The summed E-state index contributed by atoms with van der Waals surface area (Å²) in [5, 5.41) is 0. The lowest BCUT2D eigenvalue weighted by atomic mass is 9.95. The van der Waals surface area contributed by atoms with E-state index in [0.717, 1.165) is 0 Å². The predicted octanol–water partition coefficient (Wildman–Crippen LogP) is 4.21. The van der Waals surface area contributed by atoms with Gasteiger partial charge >= 0.3 is 0 Å². The van der Waals surface area contributed by atoms with Gasteiger partial charge in [0, 0.05) is 5.92 Å². The lowest BCUT2D eigenvalue weighted by Crippen LogP contribution is -1.93. The third-order valence-electron chi connectivity index (χ3n) is 2.42. The zero-order chi connectivity index (χ0) is 9.52. The lowest BCUT2D eigenvalue weighted by Gasteiger charge is -2.09. The van der Waals surface area contributed by atoms with Crippen LogP contribution < -0.4 is 0 Å². The average molecular weight is 175 g/mol. The van der Waals surface area contributed by atoms with Crippen LogP contribution >= 0.6 is 0 Å². The minimum absolute atomic E-state index is 1.25. The summed E-state index contributed by atoms with van der Waals surface area (Å²) < 4.78 is 0. The number of hydrogen-bond acceptors (Lipinski definition) is 0. The van der Waals surface area contributed by atoms with Gasteiger partial charge in [0.25, 0.3) is 0 Å². The minimum Gasteiger partial charge on any atom is -0.0654 e. The van der Waals surface area contributed by atoms with E-state index in [1.165, 1.54) is 37.2 Å². The van der Waals surface area contributed by atoms with Gasteiger partial charge in [-0.05, 0) is 12.0 Å². The molecule has 0 nitrogen and oxygen atoms in total. The molecule has 1 aromatic rings. The Morgan fingerprint density at radius 3 is 2.38 bits per heavy atom. The van der Waals surface area contributed by atoms with E-state index in [-0.39, 0.29) is 0 Å². The molecule has 0 heterocycles. The van der Waals surface area contributed by atoms with Gasteiger partial charge in [-0.25, -0.2) is 0 Å². The molecule has 0 heteroatoms. The lowest BCUT2D eigenvalue weighted by molar-refractivity contribution is 0.686. The van der Waals surface area contributed by atoms with Crippen molar-refractivity contribution in [3.63, 3.8) is 0 Å². The van der Waals surface area contributed by atoms with Crippen molar-refractivity contribution in [2.45, 2.75) is 39.5 Å². The maximum Gasteiger partial charge on any atom is 0.00189 e. The number of hydrogen-bond donors (Lipinski definition) is 0. The Morgan fingerprint density at radius 1 is 1.08 bits per heavy atom. The highest BCUT2D eigenvalue weighted by Crippen LogP contribution is 2.19. The summed E-state index contributed by atoms with van der Waals surface area (Å²) >= 11 is 0. The van der Waals surface area contributed by atoms with Crippen molar-refractivity contribution in [3.8, 4) is 0 Å². The zero-order valence-corrected chi connectivity index (χ0v) is 8.72. The van der Waals surface area contributed by atoms with Crippen LogP contribution in [0, 0.1) is 5.92 Å². The average Bonchev–Trinajstić information content (AvgIpc) is 2.19. The van der Waals surface area contributed by atoms with Gasteiger partial charge in [0.15, 0.2) is 0 Å². The minimum atomic E-state index is 1.25. The van der Waals surface area contributed by atoms with E-state index < -0.39 is 0 Å². The quantitative estimate of drug-likeness (QED) is 0.588. The van der Waals surface area contributed by atoms with E-state index in [0.29, 0.717) is 0 Å². The summed E-state index contributed by atoms with van der Waals surface area (Å²) in [7, 11) is 0. The topological polar surface area (TPSA) is 0 Å². The van der Waals surface area contributed by atoms with Crippen molar-refractivity contribution in [3.05, 3.63) is 41.8 Å². The molecule has 1 rings (SSSR count). The van der Waals surface area contributed by atoms with Crippen molar-refractivity contribution in [2.24, 2.45) is 0 Å². The van der Waals surface area contributed by atoms with E-state index in [1.807, 2.05) is 0 Å². The van der Waals surface area contributed by atoms with Crippen molar-refractivity contribution in [1.29, 1.82) is 0 Å². The monoisotopic (exact) mass is 175 g/mol. The summed E-state index contributed by atoms with van der Waals surface area (Å²) in [6, 6.07) is 10.7. The van der Waals surface area contributed by atoms with Gasteiger partial charge in [-0.15, -0.1) is 0 Å². The molecule has 1 radical (unpaired) electrons. The zero-order valence-electron chi connectivity index (χ0n) is 8.72. The molecular formula is C13H19. The molecule has 0 aromatic heterocycles. The predicted molar refractivity (Wildman–Crippen MR) is 58.6 cm³/mol. The van der Waals surface area contributed by atoms with E-state index >= 15 is 0 Å². The molecule has 0 atom stereocenters. The van der Waals surface area contributed by atoms with Crippen LogP contribution in [0.1, 0.15) is 45.1 Å². The Bertz CT molecular complexity index is 213. The summed E-state index contributed by atoms with van der Waals surface area (Å²) in [6.07, 6.45) is 5.24. The molecule has 0 fully saturated rings. The molecule has 0 saturated heterocycles. The Kier molecular flexibility index (Phi) is 4.59. The van der Waals surface area contributed by atoms with E-state index in [4.69, 9.17) is 0 Å². The second-order valence-electron chi connectivity index (χ2n) is 3.60. The largest absolute Gasteiger partial charge is 0.0654 e. The summed E-state index contributed by atoms with van der Waals surface area (Å²) in [4.78, 5) is 0. The second kappa shape index (κ2) is 5.80. The van der Waals surface area contributed by atoms with Gasteiger partial charge in [-0.3, -0.25) is 0 Å². The van der Waals surface area contributed by atoms with Crippen LogP contribution in [0.5, 0.6) is 0 Å². The maximum atomic E-state index is 2.25. The molecule has 0 saturated carbocycles. The van der Waals surface area contributed by atoms with Crippen LogP contribution in [0.3, 0.4) is 0 Å². The molecule has 0 spiro atoms. The fraction of sp³-hybridized carbons (Fsp3) is 0.462. The molecule has 0 N–H and O–H groups in total. The standard InChI is InChI=1S/C13H19/c1-3-4-6-9-12(2)13-10-7-5-8-11-13/h5,7-8,10-11H,3-4,6,9H2,1-2H3. The normalized spacial score (nSPS) is 10.7. The Morgan fingerprint density at radius 2 is 1.77 bits per heavy atom. The first-order valence-electron chi connectivity index (χ1n) is 5.22. The molecule has 0 bridgehead atoms. The molecule has 13 heavy (non-hydrogen) atoms. The fourth-order valence-corrected chi connectivity index (χ4v) is 1.51. The maximum absolute atomic E-state index is 2.25. The number of rotatable bonds is 5. The van der Waals surface area contributed by atoms with Crippen LogP contribution in [-0.4, -0.2) is 0 Å². The Balaban J connectivity index is 2.35. The number of benzene rings is 1. The first kappa shape index (κ1) is 10.3. The van der Waals surface area contributed by atoms with E-state index in [2.05, 4.69) is 44.2 Å². The molecule has 1 aromatic carbocycles. The van der Waals surface area contributed by atoms with Crippen LogP contribution in [0.15, 0.2) is 30.3 Å².